The van der Waals surface area contributed by atoms with Crippen molar-refractivity contribution in [2.24, 2.45) is 0 Å². The van der Waals surface area contributed by atoms with E-state index in [0.29, 0.717) is 11.4 Å². The van der Waals surface area contributed by atoms with Crippen LogP contribution < -0.4 is 4.74 Å². The fourth-order valence-corrected chi connectivity index (χ4v) is 1.98. The molecule has 1 aromatic carbocycles. The Bertz CT molecular complexity index is 675. The van der Waals surface area contributed by atoms with E-state index < -0.39 is 0 Å². The fourth-order valence-electron chi connectivity index (χ4n) is 1.78. The van der Waals surface area contributed by atoms with Crippen LogP contribution in [-0.4, -0.2) is 4.98 Å². The summed E-state index contributed by atoms with van der Waals surface area (Å²) in [6.07, 6.45) is 0. The minimum Gasteiger partial charge on any atom is -0.438 e. The molecule has 0 aliphatic carbocycles. The summed E-state index contributed by atoms with van der Waals surface area (Å²) in [6.45, 7) is 5.98. The van der Waals surface area contributed by atoms with E-state index in [4.69, 9.17) is 21.6 Å². The third-order valence-corrected chi connectivity index (χ3v) is 3.17. The second kappa shape index (κ2) is 5.29. The average molecular weight is 273 g/mol. The standard InChI is InChI=1S/C15H13ClN2O/c1-9-4-5-10(2)15(11(9)3)19-14-7-12(8-17)6-13(16)18-14/h4-7H,1-3H3. The maximum atomic E-state index is 8.91. The van der Waals surface area contributed by atoms with E-state index in [1.54, 1.807) is 6.07 Å². The summed E-state index contributed by atoms with van der Waals surface area (Å²) >= 11 is 5.86. The van der Waals surface area contributed by atoms with Crippen molar-refractivity contribution in [2.75, 3.05) is 0 Å². The average Bonchev–Trinajstić information content (AvgIpc) is 2.38. The van der Waals surface area contributed by atoms with Crippen LogP contribution in [0.5, 0.6) is 11.6 Å². The molecule has 0 amide bonds. The molecule has 0 saturated carbocycles. The van der Waals surface area contributed by atoms with E-state index in [0.717, 1.165) is 22.4 Å². The van der Waals surface area contributed by atoms with Gasteiger partial charge in [-0.15, -0.1) is 0 Å². The molecule has 0 aliphatic rings. The van der Waals surface area contributed by atoms with Crippen LogP contribution in [0.2, 0.25) is 5.15 Å². The van der Waals surface area contributed by atoms with Gasteiger partial charge in [0.2, 0.25) is 5.88 Å². The van der Waals surface area contributed by atoms with Crippen molar-refractivity contribution in [1.29, 1.82) is 5.26 Å². The molecule has 1 aromatic heterocycles. The predicted octanol–water partition coefficient (Wildman–Crippen LogP) is 4.32. The van der Waals surface area contributed by atoms with Crippen molar-refractivity contribution < 1.29 is 4.74 Å². The Kier molecular flexibility index (Phi) is 3.73. The van der Waals surface area contributed by atoms with Crippen LogP contribution in [-0.2, 0) is 0 Å². The largest absolute Gasteiger partial charge is 0.438 e. The molecule has 1 heterocycles. The van der Waals surface area contributed by atoms with Crippen molar-refractivity contribution >= 4 is 11.6 Å². The van der Waals surface area contributed by atoms with E-state index in [1.165, 1.54) is 6.07 Å². The van der Waals surface area contributed by atoms with Crippen molar-refractivity contribution in [3.8, 4) is 17.7 Å². The van der Waals surface area contributed by atoms with Crippen LogP contribution in [0.1, 0.15) is 22.3 Å². The molecule has 3 nitrogen and oxygen atoms in total. The topological polar surface area (TPSA) is 45.9 Å². The molecule has 0 spiro atoms. The fraction of sp³-hybridized carbons (Fsp3) is 0.200. The summed E-state index contributed by atoms with van der Waals surface area (Å²) in [5.74, 6) is 1.10. The van der Waals surface area contributed by atoms with Crippen LogP contribution >= 0.6 is 11.6 Å². The van der Waals surface area contributed by atoms with Gasteiger partial charge in [0, 0.05) is 6.07 Å². The van der Waals surface area contributed by atoms with Crippen LogP contribution in [0.15, 0.2) is 24.3 Å². The zero-order valence-electron chi connectivity index (χ0n) is 11.0. The Morgan fingerprint density at radius 2 is 1.84 bits per heavy atom. The summed E-state index contributed by atoms with van der Waals surface area (Å²) in [5.41, 5.74) is 3.64. The lowest BCUT2D eigenvalue weighted by molar-refractivity contribution is 0.455. The number of aryl methyl sites for hydroxylation is 2. The van der Waals surface area contributed by atoms with Crippen LogP contribution in [0.4, 0.5) is 0 Å². The highest BCUT2D eigenvalue weighted by atomic mass is 35.5. The van der Waals surface area contributed by atoms with E-state index >= 15 is 0 Å². The van der Waals surface area contributed by atoms with Gasteiger partial charge >= 0.3 is 0 Å². The molecule has 2 aromatic rings. The molecule has 0 N–H and O–H groups in total. The molecule has 0 bridgehead atoms. The summed E-state index contributed by atoms with van der Waals surface area (Å²) < 4.78 is 5.80. The molecule has 96 valence electrons. The number of ether oxygens (including phenoxy) is 1. The Labute approximate surface area is 117 Å². The number of nitrogens with zero attached hydrogens (tertiary/aromatic N) is 2. The molecule has 0 saturated heterocycles. The number of aromatic nitrogens is 1. The summed E-state index contributed by atoms with van der Waals surface area (Å²) in [5, 5.41) is 9.16. The normalized spacial score (nSPS) is 10.1. The van der Waals surface area contributed by atoms with Gasteiger partial charge in [-0.1, -0.05) is 23.7 Å². The second-order valence-electron chi connectivity index (χ2n) is 4.38. The number of rotatable bonds is 2. The second-order valence-corrected chi connectivity index (χ2v) is 4.77. The first-order valence-electron chi connectivity index (χ1n) is 5.83. The summed E-state index contributed by atoms with van der Waals surface area (Å²) in [6, 6.07) is 9.15. The smallest absolute Gasteiger partial charge is 0.221 e. The maximum Gasteiger partial charge on any atom is 0.221 e. The Morgan fingerprint density at radius 3 is 2.53 bits per heavy atom. The first kappa shape index (κ1) is 13.4. The molecular weight excluding hydrogens is 260 g/mol. The molecule has 4 heteroatoms. The van der Waals surface area contributed by atoms with E-state index in [1.807, 2.05) is 39.0 Å². The Hall–Kier alpha value is -2.05. The van der Waals surface area contributed by atoms with Gasteiger partial charge in [0.25, 0.3) is 0 Å². The Balaban J connectivity index is 2.45. The lowest BCUT2D eigenvalue weighted by atomic mass is 10.1. The number of halogens is 1. The van der Waals surface area contributed by atoms with Gasteiger partial charge in [-0.25, -0.2) is 4.98 Å². The lowest BCUT2D eigenvalue weighted by Gasteiger charge is -2.13. The minimum atomic E-state index is 0.247. The zero-order valence-corrected chi connectivity index (χ0v) is 11.7. The van der Waals surface area contributed by atoms with Gasteiger partial charge in [0.05, 0.1) is 11.6 Å². The van der Waals surface area contributed by atoms with Crippen LogP contribution in [0.25, 0.3) is 0 Å². The van der Waals surface area contributed by atoms with Gasteiger partial charge in [0.15, 0.2) is 0 Å². The highest BCUT2D eigenvalue weighted by Crippen LogP contribution is 2.30. The van der Waals surface area contributed by atoms with Gasteiger partial charge < -0.3 is 4.74 Å². The Morgan fingerprint density at radius 1 is 1.16 bits per heavy atom. The highest BCUT2D eigenvalue weighted by molar-refractivity contribution is 6.29. The molecule has 0 fully saturated rings. The molecule has 0 atom stereocenters. The molecule has 0 radical (unpaired) electrons. The van der Waals surface area contributed by atoms with Crippen molar-refractivity contribution in [3.63, 3.8) is 0 Å². The van der Waals surface area contributed by atoms with Crippen molar-refractivity contribution in [2.45, 2.75) is 20.8 Å². The van der Waals surface area contributed by atoms with Gasteiger partial charge in [0.1, 0.15) is 10.9 Å². The molecule has 19 heavy (non-hydrogen) atoms. The van der Waals surface area contributed by atoms with Crippen molar-refractivity contribution in [3.05, 3.63) is 51.7 Å². The van der Waals surface area contributed by atoms with Gasteiger partial charge in [-0.3, -0.25) is 0 Å². The number of nitriles is 1. The number of benzene rings is 1. The summed E-state index contributed by atoms with van der Waals surface area (Å²) in [4.78, 5) is 4.08. The van der Waals surface area contributed by atoms with Crippen molar-refractivity contribution in [1.82, 2.24) is 4.98 Å². The van der Waals surface area contributed by atoms with Crippen LogP contribution in [0.3, 0.4) is 0 Å². The van der Waals surface area contributed by atoms with E-state index in [-0.39, 0.29) is 5.15 Å². The maximum absolute atomic E-state index is 8.91. The number of hydrogen-bond acceptors (Lipinski definition) is 3. The molecule has 2 rings (SSSR count). The zero-order chi connectivity index (χ0) is 14.0. The third kappa shape index (κ3) is 2.86. The number of hydrogen-bond donors (Lipinski definition) is 0. The SMILES string of the molecule is Cc1ccc(C)c(Oc2cc(C#N)cc(Cl)n2)c1C. The van der Waals surface area contributed by atoms with E-state index in [9.17, 15) is 0 Å². The van der Waals surface area contributed by atoms with Crippen LogP contribution in [0, 0.1) is 32.1 Å². The van der Waals surface area contributed by atoms with Gasteiger partial charge in [-0.2, -0.15) is 5.26 Å². The third-order valence-electron chi connectivity index (χ3n) is 2.98. The first-order chi connectivity index (χ1) is 9.01. The molecule has 0 unspecified atom stereocenters. The highest BCUT2D eigenvalue weighted by Gasteiger charge is 2.10. The predicted molar refractivity (Wildman–Crippen MR) is 74.7 cm³/mol. The quantitative estimate of drug-likeness (QED) is 0.765. The van der Waals surface area contributed by atoms with E-state index in [2.05, 4.69) is 4.98 Å². The summed E-state index contributed by atoms with van der Waals surface area (Å²) in [7, 11) is 0. The molecule has 0 aliphatic heterocycles. The monoisotopic (exact) mass is 272 g/mol. The number of pyridine rings is 1. The molecular formula is C15H13ClN2O. The minimum absolute atomic E-state index is 0.247. The van der Waals surface area contributed by atoms with Gasteiger partial charge in [-0.05, 0) is 43.5 Å². The lowest BCUT2D eigenvalue weighted by Crippen LogP contribution is -1.96. The first-order valence-corrected chi connectivity index (χ1v) is 6.21.